The number of aromatic nitrogens is 4. The van der Waals surface area contributed by atoms with Crippen molar-refractivity contribution in [3.63, 3.8) is 0 Å². The molecule has 0 aliphatic carbocycles. The Hall–Kier alpha value is -4.43. The highest BCUT2D eigenvalue weighted by Crippen LogP contribution is 2.37. The lowest BCUT2D eigenvalue weighted by Crippen LogP contribution is -2.13. The Morgan fingerprint density at radius 1 is 0.886 bits per heavy atom. The van der Waals surface area contributed by atoms with Gasteiger partial charge in [0.15, 0.2) is 10.9 Å². The number of ether oxygens (including phenoxy) is 1. The molecule has 0 radical (unpaired) electrons. The molecule has 0 unspecified atom stereocenters. The van der Waals surface area contributed by atoms with E-state index in [9.17, 15) is 4.79 Å². The maximum Gasteiger partial charge on any atom is 0.342 e. The highest BCUT2D eigenvalue weighted by Gasteiger charge is 2.26. The molecule has 0 fully saturated rings. The van der Waals surface area contributed by atoms with E-state index in [1.807, 2.05) is 84.2 Å². The van der Waals surface area contributed by atoms with Gasteiger partial charge in [0, 0.05) is 22.7 Å². The number of benzene rings is 2. The van der Waals surface area contributed by atoms with E-state index in [0.717, 1.165) is 22.5 Å². The van der Waals surface area contributed by atoms with E-state index < -0.39 is 5.97 Å². The highest BCUT2D eigenvalue weighted by atomic mass is 32.1. The summed E-state index contributed by atoms with van der Waals surface area (Å²) in [5.74, 6) is -0.202. The molecule has 172 valence electrons. The van der Waals surface area contributed by atoms with Crippen LogP contribution in [0.15, 0.2) is 90.4 Å². The molecule has 8 heteroatoms. The number of nitrogens with zero attached hydrogens (tertiary/aromatic N) is 4. The van der Waals surface area contributed by atoms with Crippen LogP contribution < -0.4 is 5.32 Å². The van der Waals surface area contributed by atoms with E-state index in [0.29, 0.717) is 22.0 Å². The lowest BCUT2D eigenvalue weighted by Gasteiger charge is -2.16. The van der Waals surface area contributed by atoms with Gasteiger partial charge >= 0.3 is 5.97 Å². The molecule has 5 aromatic rings. The number of hydrogen-bond donors (Lipinski definition) is 1. The van der Waals surface area contributed by atoms with Gasteiger partial charge in [0.05, 0.1) is 12.3 Å². The van der Waals surface area contributed by atoms with Gasteiger partial charge in [-0.2, -0.15) is 0 Å². The van der Waals surface area contributed by atoms with Gasteiger partial charge < -0.3 is 10.1 Å². The normalized spacial score (nSPS) is 10.7. The molecule has 2 aromatic carbocycles. The summed E-state index contributed by atoms with van der Waals surface area (Å²) in [5, 5.41) is 14.6. The first-order chi connectivity index (χ1) is 17.2. The zero-order valence-electron chi connectivity index (χ0n) is 18.9. The monoisotopic (exact) mass is 479 g/mol. The number of nitrogens with one attached hydrogen (secondary N) is 1. The van der Waals surface area contributed by atoms with E-state index in [2.05, 4.69) is 25.5 Å². The van der Waals surface area contributed by atoms with Crippen LogP contribution in [-0.2, 0) is 4.74 Å². The van der Waals surface area contributed by atoms with Crippen LogP contribution in [0.25, 0.3) is 33.8 Å². The average molecular weight is 480 g/mol. The fourth-order valence-corrected chi connectivity index (χ4v) is 4.38. The fraction of sp³-hybridized carbons (Fsp3) is 0.0741. The van der Waals surface area contributed by atoms with Crippen LogP contribution in [0.4, 0.5) is 10.9 Å². The summed E-state index contributed by atoms with van der Waals surface area (Å²) < 4.78 is 5.46. The molecule has 7 nitrogen and oxygen atoms in total. The van der Waals surface area contributed by atoms with Crippen molar-refractivity contribution in [2.24, 2.45) is 0 Å². The molecule has 3 heterocycles. The summed E-state index contributed by atoms with van der Waals surface area (Å²) in [6, 6.07) is 25.0. The Bertz CT molecular complexity index is 1440. The van der Waals surface area contributed by atoms with Gasteiger partial charge in [0.25, 0.3) is 0 Å². The number of rotatable bonds is 7. The van der Waals surface area contributed by atoms with Gasteiger partial charge in [0.2, 0.25) is 0 Å². The average Bonchev–Trinajstić information content (AvgIpc) is 3.38. The SMILES string of the molecule is CCOC(=O)c1c(Nc2nc(-c3ccccn3)cs2)nnc(-c2ccccc2)c1-c1ccccc1. The third-order valence-electron chi connectivity index (χ3n) is 5.22. The molecule has 0 saturated carbocycles. The number of pyridine rings is 1. The molecule has 0 atom stereocenters. The van der Waals surface area contributed by atoms with Gasteiger partial charge in [0.1, 0.15) is 17.0 Å². The van der Waals surface area contributed by atoms with Crippen molar-refractivity contribution in [1.82, 2.24) is 20.2 Å². The number of anilines is 2. The van der Waals surface area contributed by atoms with Crippen molar-refractivity contribution < 1.29 is 9.53 Å². The highest BCUT2D eigenvalue weighted by molar-refractivity contribution is 7.14. The van der Waals surface area contributed by atoms with Gasteiger partial charge in [-0.15, -0.1) is 21.5 Å². The lowest BCUT2D eigenvalue weighted by atomic mass is 9.95. The third-order valence-corrected chi connectivity index (χ3v) is 5.98. The van der Waals surface area contributed by atoms with Gasteiger partial charge in [-0.1, -0.05) is 66.7 Å². The van der Waals surface area contributed by atoms with Crippen molar-refractivity contribution in [3.8, 4) is 33.8 Å². The summed E-state index contributed by atoms with van der Waals surface area (Å²) in [5.41, 5.74) is 4.73. The van der Waals surface area contributed by atoms with Crippen molar-refractivity contribution in [1.29, 1.82) is 0 Å². The van der Waals surface area contributed by atoms with Crippen LogP contribution in [0.1, 0.15) is 17.3 Å². The Labute approximate surface area is 206 Å². The first kappa shape index (κ1) is 22.4. The minimum atomic E-state index is -0.484. The van der Waals surface area contributed by atoms with Crippen LogP contribution in [0.3, 0.4) is 0 Å². The Kier molecular flexibility index (Phi) is 6.54. The zero-order valence-corrected chi connectivity index (χ0v) is 19.7. The second-order valence-corrected chi connectivity index (χ2v) is 8.34. The summed E-state index contributed by atoms with van der Waals surface area (Å²) in [6.45, 7) is 2.01. The molecular weight excluding hydrogens is 458 g/mol. The predicted molar refractivity (Wildman–Crippen MR) is 137 cm³/mol. The third kappa shape index (κ3) is 4.78. The van der Waals surface area contributed by atoms with E-state index >= 15 is 0 Å². The Morgan fingerprint density at radius 2 is 1.60 bits per heavy atom. The molecule has 0 amide bonds. The number of carbonyl (C=O) groups excluding carboxylic acids is 1. The first-order valence-corrected chi connectivity index (χ1v) is 11.9. The van der Waals surface area contributed by atoms with Crippen molar-refractivity contribution in [2.45, 2.75) is 6.92 Å². The van der Waals surface area contributed by atoms with Gasteiger partial charge in [-0.05, 0) is 24.6 Å². The van der Waals surface area contributed by atoms with Crippen molar-refractivity contribution >= 4 is 28.3 Å². The van der Waals surface area contributed by atoms with Gasteiger partial charge in [-0.3, -0.25) is 4.98 Å². The van der Waals surface area contributed by atoms with E-state index in [1.54, 1.807) is 13.1 Å². The number of thiazole rings is 1. The van der Waals surface area contributed by atoms with E-state index in [4.69, 9.17) is 4.74 Å². The minimum absolute atomic E-state index is 0.233. The quantitative estimate of drug-likeness (QED) is 0.276. The zero-order chi connectivity index (χ0) is 24.0. The molecule has 1 N–H and O–H groups in total. The number of esters is 1. The molecule has 0 bridgehead atoms. The van der Waals surface area contributed by atoms with Crippen molar-refractivity contribution in [3.05, 3.63) is 96.0 Å². The minimum Gasteiger partial charge on any atom is -0.462 e. The molecule has 35 heavy (non-hydrogen) atoms. The van der Waals surface area contributed by atoms with Crippen LogP contribution in [0.5, 0.6) is 0 Å². The van der Waals surface area contributed by atoms with E-state index in [1.165, 1.54) is 11.3 Å². The summed E-state index contributed by atoms with van der Waals surface area (Å²) in [7, 11) is 0. The molecule has 0 aliphatic rings. The molecule has 0 aliphatic heterocycles. The summed E-state index contributed by atoms with van der Waals surface area (Å²) >= 11 is 1.39. The molecule has 0 saturated heterocycles. The smallest absolute Gasteiger partial charge is 0.342 e. The van der Waals surface area contributed by atoms with Crippen LogP contribution in [0, 0.1) is 0 Å². The topological polar surface area (TPSA) is 89.9 Å². The van der Waals surface area contributed by atoms with Crippen LogP contribution in [-0.4, -0.2) is 32.7 Å². The second-order valence-electron chi connectivity index (χ2n) is 7.48. The first-order valence-electron chi connectivity index (χ1n) is 11.1. The molecule has 5 rings (SSSR count). The van der Waals surface area contributed by atoms with Crippen molar-refractivity contribution in [2.75, 3.05) is 11.9 Å². The molecular formula is C27H21N5O2S. The maximum absolute atomic E-state index is 13.3. The Morgan fingerprint density at radius 3 is 2.29 bits per heavy atom. The second kappa shape index (κ2) is 10.2. The summed E-state index contributed by atoms with van der Waals surface area (Å²) in [4.78, 5) is 22.3. The van der Waals surface area contributed by atoms with Gasteiger partial charge in [-0.25, -0.2) is 9.78 Å². The molecule has 3 aromatic heterocycles. The fourth-order valence-electron chi connectivity index (χ4n) is 3.67. The molecule has 0 spiro atoms. The summed E-state index contributed by atoms with van der Waals surface area (Å²) in [6.07, 6.45) is 1.72. The standard InChI is InChI=1S/C27H21N5O2S/c1-2-34-26(33)23-22(18-11-5-3-6-12-18)24(19-13-7-4-8-14-19)31-32-25(23)30-27-29-21(17-35-27)20-15-9-10-16-28-20/h3-17H,2H2,1H3,(H,29,30,32). The van der Waals surface area contributed by atoms with E-state index in [-0.39, 0.29) is 12.4 Å². The maximum atomic E-state index is 13.3. The largest absolute Gasteiger partial charge is 0.462 e. The lowest BCUT2D eigenvalue weighted by molar-refractivity contribution is 0.0528. The predicted octanol–water partition coefficient (Wildman–Crippen LogP) is 6.25. The Balaban J connectivity index is 1.66. The van der Waals surface area contributed by atoms with Crippen LogP contribution >= 0.6 is 11.3 Å². The number of hydrogen-bond acceptors (Lipinski definition) is 8. The number of carbonyl (C=O) groups is 1. The van der Waals surface area contributed by atoms with Crippen LogP contribution in [0.2, 0.25) is 0 Å².